The molecule has 2 saturated heterocycles. The van der Waals surface area contributed by atoms with Crippen LogP contribution in [0, 0.1) is 11.8 Å². The van der Waals surface area contributed by atoms with Crippen molar-refractivity contribution in [1.82, 2.24) is 15.5 Å². The van der Waals surface area contributed by atoms with Crippen molar-refractivity contribution in [1.29, 1.82) is 0 Å². The Morgan fingerprint density at radius 2 is 1.88 bits per heavy atom. The number of anilines is 1. The molecule has 2 aliphatic rings. The summed E-state index contributed by atoms with van der Waals surface area (Å²) in [7, 11) is 3.61. The van der Waals surface area contributed by atoms with Crippen molar-refractivity contribution in [2.75, 3.05) is 71.5 Å². The second-order valence-corrected chi connectivity index (χ2v) is 8.90. The van der Waals surface area contributed by atoms with Crippen molar-refractivity contribution in [2.24, 2.45) is 16.8 Å². The van der Waals surface area contributed by atoms with Crippen LogP contribution in [0.15, 0.2) is 29.3 Å². The third-order valence-electron chi connectivity index (χ3n) is 7.08. The molecule has 0 radical (unpaired) electrons. The maximum absolute atomic E-state index is 5.58. The number of methoxy groups -OCH3 is 1. The van der Waals surface area contributed by atoms with E-state index in [2.05, 4.69) is 51.4 Å². The molecule has 0 aliphatic carbocycles. The molecule has 188 valence electrons. The highest BCUT2D eigenvalue weighted by atomic mass is 127. The fraction of sp³-hybridized carbons (Fsp3) is 0.720. The molecule has 7 nitrogen and oxygen atoms in total. The van der Waals surface area contributed by atoms with Crippen LogP contribution >= 0.6 is 24.0 Å². The fourth-order valence-electron chi connectivity index (χ4n) is 5.11. The lowest BCUT2D eigenvalue weighted by Crippen LogP contribution is -2.53. The third kappa shape index (κ3) is 7.89. The number of benzene rings is 1. The van der Waals surface area contributed by atoms with E-state index in [0.717, 1.165) is 64.2 Å². The Morgan fingerprint density at radius 1 is 1.15 bits per heavy atom. The number of morpholine rings is 1. The van der Waals surface area contributed by atoms with Gasteiger partial charge in [-0.05, 0) is 30.4 Å². The molecule has 0 spiro atoms. The zero-order chi connectivity index (χ0) is 22.8. The minimum absolute atomic E-state index is 0. The lowest BCUT2D eigenvalue weighted by molar-refractivity contribution is 0.00272. The van der Waals surface area contributed by atoms with Crippen LogP contribution in [0.5, 0.6) is 5.75 Å². The zero-order valence-electron chi connectivity index (χ0n) is 20.9. The summed E-state index contributed by atoms with van der Waals surface area (Å²) in [6, 6.07) is 8.81. The van der Waals surface area contributed by atoms with Crippen molar-refractivity contribution < 1.29 is 9.47 Å². The number of nitrogens with one attached hydrogen (secondary N) is 2. The summed E-state index contributed by atoms with van der Waals surface area (Å²) in [5.41, 5.74) is 1.19. The molecule has 0 amide bonds. The van der Waals surface area contributed by atoms with Gasteiger partial charge in [-0.25, -0.2) is 0 Å². The highest BCUT2D eigenvalue weighted by molar-refractivity contribution is 14.0. The van der Waals surface area contributed by atoms with E-state index in [1.54, 1.807) is 7.11 Å². The smallest absolute Gasteiger partial charge is 0.191 e. The molecule has 2 unspecified atom stereocenters. The van der Waals surface area contributed by atoms with Crippen LogP contribution in [0.3, 0.4) is 0 Å². The summed E-state index contributed by atoms with van der Waals surface area (Å²) in [6.45, 7) is 12.3. The second-order valence-electron chi connectivity index (χ2n) is 8.90. The third-order valence-corrected chi connectivity index (χ3v) is 7.08. The Labute approximate surface area is 217 Å². The Balaban J connectivity index is 0.00000385. The van der Waals surface area contributed by atoms with E-state index in [9.17, 15) is 0 Å². The highest BCUT2D eigenvalue weighted by Crippen LogP contribution is 2.31. The largest absolute Gasteiger partial charge is 0.495 e. The molecule has 3 rings (SSSR count). The monoisotopic (exact) mass is 573 g/mol. The number of guanidine groups is 1. The van der Waals surface area contributed by atoms with Gasteiger partial charge in [0.15, 0.2) is 5.96 Å². The first kappa shape index (κ1) is 28.0. The predicted octanol–water partition coefficient (Wildman–Crippen LogP) is 3.44. The van der Waals surface area contributed by atoms with E-state index in [-0.39, 0.29) is 24.0 Å². The van der Waals surface area contributed by atoms with E-state index >= 15 is 0 Å². The van der Waals surface area contributed by atoms with Gasteiger partial charge in [0.05, 0.1) is 26.0 Å². The van der Waals surface area contributed by atoms with Crippen molar-refractivity contribution in [3.05, 3.63) is 24.3 Å². The number of hydrogen-bond donors (Lipinski definition) is 2. The number of hydrogen-bond acceptors (Lipinski definition) is 5. The van der Waals surface area contributed by atoms with Gasteiger partial charge in [0.1, 0.15) is 5.75 Å². The van der Waals surface area contributed by atoms with Crippen molar-refractivity contribution in [3.63, 3.8) is 0 Å². The standard InChI is InChI=1S/C25H43N5O2.HI/c1-5-21(6-2)23(29-13-15-32-16-14-29)18-28-25(26-3)27-17-20-11-12-30(19-20)22-9-7-8-10-24(22)31-4;/h7-10,20-21,23H,5-6,11-19H2,1-4H3,(H2,26,27,28);1H. The molecule has 8 heteroatoms. The summed E-state index contributed by atoms with van der Waals surface area (Å²) in [5, 5.41) is 7.21. The van der Waals surface area contributed by atoms with E-state index in [4.69, 9.17) is 9.47 Å². The maximum Gasteiger partial charge on any atom is 0.191 e. The Bertz CT molecular complexity index is 710. The van der Waals surface area contributed by atoms with E-state index in [1.807, 2.05) is 19.2 Å². The summed E-state index contributed by atoms with van der Waals surface area (Å²) in [6.07, 6.45) is 3.58. The summed E-state index contributed by atoms with van der Waals surface area (Å²) in [4.78, 5) is 9.53. The first-order valence-corrected chi connectivity index (χ1v) is 12.3. The number of rotatable bonds is 10. The van der Waals surface area contributed by atoms with Crippen LogP contribution in [0.25, 0.3) is 0 Å². The van der Waals surface area contributed by atoms with Gasteiger partial charge in [-0.15, -0.1) is 24.0 Å². The average Bonchev–Trinajstić information content (AvgIpc) is 3.32. The van der Waals surface area contributed by atoms with Gasteiger partial charge in [-0.2, -0.15) is 0 Å². The van der Waals surface area contributed by atoms with Crippen LogP contribution in [0.4, 0.5) is 5.69 Å². The first-order chi connectivity index (χ1) is 15.7. The summed E-state index contributed by atoms with van der Waals surface area (Å²) < 4.78 is 11.1. The summed E-state index contributed by atoms with van der Waals surface area (Å²) in [5.74, 6) is 3.13. The quantitative estimate of drug-likeness (QED) is 0.254. The highest BCUT2D eigenvalue weighted by Gasteiger charge is 2.28. The molecular formula is C25H44IN5O2. The average molecular weight is 574 g/mol. The topological polar surface area (TPSA) is 61.4 Å². The molecular weight excluding hydrogens is 529 g/mol. The zero-order valence-corrected chi connectivity index (χ0v) is 23.2. The number of nitrogens with zero attached hydrogens (tertiary/aromatic N) is 3. The molecule has 0 aromatic heterocycles. The number of ether oxygens (including phenoxy) is 2. The van der Waals surface area contributed by atoms with Gasteiger partial charge in [0.25, 0.3) is 0 Å². The molecule has 0 bridgehead atoms. The van der Waals surface area contributed by atoms with E-state index < -0.39 is 0 Å². The van der Waals surface area contributed by atoms with Gasteiger partial charge in [-0.3, -0.25) is 9.89 Å². The normalized spacial score (nSPS) is 20.5. The second kappa shape index (κ2) is 14.9. The molecule has 2 atom stereocenters. The lowest BCUT2D eigenvalue weighted by Gasteiger charge is -2.39. The Kier molecular flexibility index (Phi) is 12.6. The molecule has 0 saturated carbocycles. The molecule has 2 heterocycles. The first-order valence-electron chi connectivity index (χ1n) is 12.3. The minimum Gasteiger partial charge on any atom is -0.495 e. The Hall–Kier alpha value is -1.26. The van der Waals surface area contributed by atoms with Crippen molar-refractivity contribution >= 4 is 35.6 Å². The Morgan fingerprint density at radius 3 is 2.55 bits per heavy atom. The molecule has 2 aliphatic heterocycles. The number of aliphatic imine (C=N–C) groups is 1. The van der Waals surface area contributed by atoms with Crippen molar-refractivity contribution in [2.45, 2.75) is 39.2 Å². The van der Waals surface area contributed by atoms with Gasteiger partial charge in [0.2, 0.25) is 0 Å². The van der Waals surface area contributed by atoms with Crippen LogP contribution in [0.1, 0.15) is 33.1 Å². The van der Waals surface area contributed by atoms with Gasteiger partial charge in [0, 0.05) is 52.4 Å². The fourth-order valence-corrected chi connectivity index (χ4v) is 5.11. The molecule has 33 heavy (non-hydrogen) atoms. The molecule has 2 N–H and O–H groups in total. The maximum atomic E-state index is 5.58. The van der Waals surface area contributed by atoms with E-state index in [1.165, 1.54) is 24.9 Å². The van der Waals surface area contributed by atoms with Crippen LogP contribution in [0.2, 0.25) is 0 Å². The van der Waals surface area contributed by atoms with Crippen LogP contribution in [-0.4, -0.2) is 83.5 Å². The predicted molar refractivity (Wildman–Crippen MR) is 148 cm³/mol. The van der Waals surface area contributed by atoms with Crippen LogP contribution < -0.4 is 20.3 Å². The van der Waals surface area contributed by atoms with Gasteiger partial charge >= 0.3 is 0 Å². The lowest BCUT2D eigenvalue weighted by atomic mass is 9.92. The molecule has 1 aromatic rings. The van der Waals surface area contributed by atoms with Gasteiger partial charge in [-0.1, -0.05) is 38.8 Å². The minimum atomic E-state index is 0. The molecule has 2 fully saturated rings. The molecule has 1 aromatic carbocycles. The van der Waals surface area contributed by atoms with Crippen LogP contribution in [-0.2, 0) is 4.74 Å². The number of para-hydroxylation sites is 2. The summed E-state index contributed by atoms with van der Waals surface area (Å²) >= 11 is 0. The van der Waals surface area contributed by atoms with Gasteiger partial charge < -0.3 is 25.0 Å². The van der Waals surface area contributed by atoms with Crippen molar-refractivity contribution in [3.8, 4) is 5.75 Å². The number of halogens is 1. The SMILES string of the molecule is CCC(CC)C(CNC(=NC)NCC1CCN(c2ccccc2OC)C1)N1CCOCC1.I. The van der Waals surface area contributed by atoms with E-state index in [0.29, 0.717) is 17.9 Å².